The lowest BCUT2D eigenvalue weighted by molar-refractivity contribution is -0.131. The molecule has 7 heteroatoms. The van der Waals surface area contributed by atoms with Crippen LogP contribution in [0.15, 0.2) is 40.9 Å². The first-order chi connectivity index (χ1) is 11.7. The molecule has 2 heterocycles. The Bertz CT molecular complexity index is 743. The Balaban J connectivity index is 1.65. The van der Waals surface area contributed by atoms with Crippen molar-refractivity contribution in [1.82, 2.24) is 5.32 Å². The first kappa shape index (κ1) is 16.3. The van der Waals surface area contributed by atoms with Crippen molar-refractivity contribution in [3.63, 3.8) is 0 Å². The average Bonchev–Trinajstić information content (AvgIpc) is 3.30. The van der Waals surface area contributed by atoms with Gasteiger partial charge in [0.25, 0.3) is 5.91 Å². The molecule has 24 heavy (non-hydrogen) atoms. The first-order valence-corrected chi connectivity index (χ1v) is 8.34. The van der Waals surface area contributed by atoms with Crippen molar-refractivity contribution in [2.24, 2.45) is 5.16 Å². The van der Waals surface area contributed by atoms with Crippen molar-refractivity contribution in [2.75, 3.05) is 14.2 Å². The maximum Gasteiger partial charge on any atom is 0.264 e. The molecule has 1 amide bonds. The molecule has 1 atom stereocenters. The summed E-state index contributed by atoms with van der Waals surface area (Å²) in [5.41, 5.74) is 1.44. The Hall–Kier alpha value is -2.54. The molecule has 1 N–H and O–H groups in total. The number of hydrogen-bond acceptors (Lipinski definition) is 6. The summed E-state index contributed by atoms with van der Waals surface area (Å²) in [7, 11) is 3.19. The van der Waals surface area contributed by atoms with Crippen molar-refractivity contribution in [3.05, 3.63) is 46.2 Å². The number of nitrogens with one attached hydrogen (secondary N) is 1. The maximum absolute atomic E-state index is 12.2. The summed E-state index contributed by atoms with van der Waals surface area (Å²) in [6.45, 7) is 0.494. The molecule has 126 valence electrons. The van der Waals surface area contributed by atoms with Crippen LogP contribution in [0.1, 0.15) is 16.9 Å². The zero-order valence-corrected chi connectivity index (χ0v) is 14.3. The third-order valence-corrected chi connectivity index (χ3v) is 4.57. The van der Waals surface area contributed by atoms with E-state index in [1.54, 1.807) is 31.6 Å². The van der Waals surface area contributed by atoms with E-state index in [-0.39, 0.29) is 5.91 Å². The SMILES string of the molecule is COc1ccc(OC)c(C2=NO[C@H](C(=O)NCc3cccs3)C2)c1. The summed E-state index contributed by atoms with van der Waals surface area (Å²) >= 11 is 1.60. The summed E-state index contributed by atoms with van der Waals surface area (Å²) in [6.07, 6.45) is -0.240. The van der Waals surface area contributed by atoms with E-state index in [1.807, 2.05) is 29.6 Å². The second-order valence-electron chi connectivity index (χ2n) is 5.20. The van der Waals surface area contributed by atoms with Crippen molar-refractivity contribution < 1.29 is 19.1 Å². The van der Waals surface area contributed by atoms with E-state index in [2.05, 4.69) is 10.5 Å². The van der Waals surface area contributed by atoms with Crippen LogP contribution in [0.4, 0.5) is 0 Å². The summed E-state index contributed by atoms with van der Waals surface area (Å²) < 4.78 is 10.6. The zero-order chi connectivity index (χ0) is 16.9. The van der Waals surface area contributed by atoms with Crippen molar-refractivity contribution in [1.29, 1.82) is 0 Å². The molecular weight excluding hydrogens is 328 g/mol. The molecule has 1 aliphatic rings. The molecule has 0 aliphatic carbocycles. The zero-order valence-electron chi connectivity index (χ0n) is 13.4. The highest BCUT2D eigenvalue weighted by Crippen LogP contribution is 2.28. The molecule has 0 unspecified atom stereocenters. The second kappa shape index (κ2) is 7.35. The fraction of sp³-hybridized carbons (Fsp3) is 0.294. The van der Waals surface area contributed by atoms with Crippen LogP contribution in [-0.4, -0.2) is 31.9 Å². The van der Waals surface area contributed by atoms with E-state index in [0.29, 0.717) is 30.2 Å². The Labute approximate surface area is 144 Å². The van der Waals surface area contributed by atoms with Crippen LogP contribution < -0.4 is 14.8 Å². The molecular formula is C17H18N2O4S. The minimum atomic E-state index is -0.629. The van der Waals surface area contributed by atoms with Crippen LogP contribution in [-0.2, 0) is 16.2 Å². The van der Waals surface area contributed by atoms with E-state index >= 15 is 0 Å². The van der Waals surface area contributed by atoms with Gasteiger partial charge in [-0.05, 0) is 29.6 Å². The van der Waals surface area contributed by atoms with Gasteiger partial charge in [0.1, 0.15) is 11.5 Å². The van der Waals surface area contributed by atoms with Crippen LogP contribution in [0.25, 0.3) is 0 Å². The van der Waals surface area contributed by atoms with E-state index in [1.165, 1.54) is 0 Å². The Morgan fingerprint density at radius 3 is 2.96 bits per heavy atom. The van der Waals surface area contributed by atoms with Crippen molar-refractivity contribution in [3.8, 4) is 11.5 Å². The number of methoxy groups -OCH3 is 2. The first-order valence-electron chi connectivity index (χ1n) is 7.46. The second-order valence-corrected chi connectivity index (χ2v) is 6.23. The number of carbonyl (C=O) groups is 1. The number of rotatable bonds is 6. The highest BCUT2D eigenvalue weighted by molar-refractivity contribution is 7.09. The third-order valence-electron chi connectivity index (χ3n) is 3.70. The number of carbonyl (C=O) groups excluding carboxylic acids is 1. The van der Waals surface area contributed by atoms with Gasteiger partial charge in [-0.1, -0.05) is 11.2 Å². The van der Waals surface area contributed by atoms with Gasteiger partial charge in [-0.2, -0.15) is 0 Å². The van der Waals surface area contributed by atoms with Crippen LogP contribution in [0.5, 0.6) is 11.5 Å². The molecule has 1 aromatic carbocycles. The van der Waals surface area contributed by atoms with E-state index in [0.717, 1.165) is 10.4 Å². The number of amides is 1. The normalized spacial score (nSPS) is 16.2. The predicted molar refractivity (Wildman–Crippen MR) is 91.7 cm³/mol. The summed E-state index contributed by atoms with van der Waals surface area (Å²) in [5, 5.41) is 8.90. The van der Waals surface area contributed by atoms with Crippen LogP contribution >= 0.6 is 11.3 Å². The smallest absolute Gasteiger partial charge is 0.264 e. The van der Waals surface area contributed by atoms with Gasteiger partial charge < -0.3 is 19.6 Å². The number of nitrogens with zero attached hydrogens (tertiary/aromatic N) is 1. The molecule has 0 fully saturated rings. The lowest BCUT2D eigenvalue weighted by Crippen LogP contribution is -2.34. The van der Waals surface area contributed by atoms with Gasteiger partial charge in [-0.25, -0.2) is 0 Å². The summed E-state index contributed by atoms with van der Waals surface area (Å²) in [4.78, 5) is 18.6. The molecule has 0 radical (unpaired) electrons. The summed E-state index contributed by atoms with van der Waals surface area (Å²) in [5.74, 6) is 1.18. The highest BCUT2D eigenvalue weighted by atomic mass is 32.1. The molecule has 1 aromatic heterocycles. The van der Waals surface area contributed by atoms with Crippen LogP contribution in [0.2, 0.25) is 0 Å². The Morgan fingerprint density at radius 1 is 1.38 bits per heavy atom. The summed E-state index contributed by atoms with van der Waals surface area (Å²) in [6, 6.07) is 9.37. The number of ether oxygens (including phenoxy) is 2. The average molecular weight is 346 g/mol. The fourth-order valence-electron chi connectivity index (χ4n) is 2.42. The van der Waals surface area contributed by atoms with Gasteiger partial charge >= 0.3 is 0 Å². The quantitative estimate of drug-likeness (QED) is 0.873. The van der Waals surface area contributed by atoms with Gasteiger partial charge in [0.2, 0.25) is 6.10 Å². The topological polar surface area (TPSA) is 69.1 Å². The van der Waals surface area contributed by atoms with Crippen molar-refractivity contribution >= 4 is 23.0 Å². The Kier molecular flexibility index (Phi) is 5.00. The highest BCUT2D eigenvalue weighted by Gasteiger charge is 2.30. The lowest BCUT2D eigenvalue weighted by atomic mass is 10.0. The number of hydrogen-bond donors (Lipinski definition) is 1. The third kappa shape index (κ3) is 3.51. The van der Waals surface area contributed by atoms with Crippen molar-refractivity contribution in [2.45, 2.75) is 19.1 Å². The minimum Gasteiger partial charge on any atom is -0.497 e. The van der Waals surface area contributed by atoms with E-state index in [4.69, 9.17) is 14.3 Å². The number of oxime groups is 1. The lowest BCUT2D eigenvalue weighted by Gasteiger charge is -2.10. The largest absolute Gasteiger partial charge is 0.497 e. The predicted octanol–water partition coefficient (Wildman–Crippen LogP) is 2.57. The molecule has 0 saturated carbocycles. The van der Waals surface area contributed by atoms with Crippen LogP contribution in [0.3, 0.4) is 0 Å². The Morgan fingerprint density at radius 2 is 2.25 bits per heavy atom. The van der Waals surface area contributed by atoms with E-state index in [9.17, 15) is 4.79 Å². The fourth-order valence-corrected chi connectivity index (χ4v) is 3.06. The van der Waals surface area contributed by atoms with Crippen LogP contribution in [0, 0.1) is 0 Å². The molecule has 0 spiro atoms. The minimum absolute atomic E-state index is 0.177. The standard InChI is InChI=1S/C17H18N2O4S/c1-21-11-5-6-15(22-2)13(8-11)14-9-16(23-19-14)17(20)18-10-12-4-3-7-24-12/h3-8,16H,9-10H2,1-2H3,(H,18,20)/t16-/m0/s1. The molecule has 0 bridgehead atoms. The molecule has 6 nitrogen and oxygen atoms in total. The molecule has 2 aromatic rings. The van der Waals surface area contributed by atoms with Gasteiger partial charge in [-0.3, -0.25) is 4.79 Å². The van der Waals surface area contributed by atoms with Gasteiger partial charge in [-0.15, -0.1) is 11.3 Å². The number of benzene rings is 1. The molecule has 0 saturated heterocycles. The van der Waals surface area contributed by atoms with Gasteiger partial charge in [0.15, 0.2) is 0 Å². The molecule has 3 rings (SSSR count). The maximum atomic E-state index is 12.2. The number of thiophene rings is 1. The van der Waals surface area contributed by atoms with Gasteiger partial charge in [0.05, 0.1) is 26.5 Å². The molecule has 1 aliphatic heterocycles. The van der Waals surface area contributed by atoms with E-state index < -0.39 is 6.10 Å². The monoisotopic (exact) mass is 346 g/mol. The van der Waals surface area contributed by atoms with Gasteiger partial charge in [0, 0.05) is 16.9 Å².